The monoisotopic (exact) mass is 516 g/mol. The van der Waals surface area contributed by atoms with Crippen LogP contribution in [0, 0.1) is 11.6 Å². The van der Waals surface area contributed by atoms with E-state index >= 15 is 0 Å². The fourth-order valence-corrected chi connectivity index (χ4v) is 3.29. The maximum atomic E-state index is 13.9. The van der Waals surface area contributed by atoms with Crippen molar-refractivity contribution in [1.82, 2.24) is 15.3 Å². The summed E-state index contributed by atoms with van der Waals surface area (Å²) in [6.07, 6.45) is 0.515. The fraction of sp³-hybridized carbons (Fsp3) is 0.476. The summed E-state index contributed by atoms with van der Waals surface area (Å²) in [4.78, 5) is 31.0. The smallest absolute Gasteiger partial charge is 0.266 e. The number of hydrogen-bond donors (Lipinski definition) is 4. The first-order valence-electron chi connectivity index (χ1n) is 9.94. The second kappa shape index (κ2) is 10.5. The third-order valence-corrected chi connectivity index (χ3v) is 5.26. The first-order chi connectivity index (χ1) is 14.8. The lowest BCUT2D eigenvalue weighted by molar-refractivity contribution is -0.136. The van der Waals surface area contributed by atoms with Crippen LogP contribution < -0.4 is 16.2 Å². The number of aromatic nitrogens is 2. The lowest BCUT2D eigenvalue weighted by atomic mass is 10.0. The van der Waals surface area contributed by atoms with Crippen molar-refractivity contribution in [2.75, 3.05) is 18.4 Å². The lowest BCUT2D eigenvalue weighted by Crippen LogP contribution is -2.42. The van der Waals surface area contributed by atoms with Crippen molar-refractivity contribution in [1.29, 1.82) is 0 Å². The maximum Gasteiger partial charge on any atom is 0.266 e. The Kier molecular flexibility index (Phi) is 8.49. The average molecular weight is 517 g/mol. The molecule has 8 nitrogen and oxygen atoms in total. The number of benzene rings is 1. The van der Waals surface area contributed by atoms with Gasteiger partial charge in [-0.05, 0) is 56.1 Å². The summed E-state index contributed by atoms with van der Waals surface area (Å²) in [5.41, 5.74) is -2.50. The van der Waals surface area contributed by atoms with Crippen LogP contribution in [-0.2, 0) is 21.7 Å². The maximum absolute atomic E-state index is 13.9. The summed E-state index contributed by atoms with van der Waals surface area (Å²) >= 11 is 3.22. The van der Waals surface area contributed by atoms with Crippen LogP contribution >= 0.6 is 15.9 Å². The molecule has 1 heterocycles. The van der Waals surface area contributed by atoms with Crippen LogP contribution in [0.25, 0.3) is 0 Å². The minimum Gasteiger partial charge on any atom is -0.381 e. The Morgan fingerprint density at radius 3 is 2.56 bits per heavy atom. The number of rotatable bonds is 10. The fourth-order valence-electron chi connectivity index (χ4n) is 2.62. The zero-order chi connectivity index (χ0) is 24.1. The van der Waals surface area contributed by atoms with Gasteiger partial charge in [-0.3, -0.25) is 14.6 Å². The van der Waals surface area contributed by atoms with Crippen LogP contribution in [0.3, 0.4) is 0 Å². The van der Waals surface area contributed by atoms with Gasteiger partial charge < -0.3 is 20.5 Å². The van der Waals surface area contributed by atoms with E-state index in [1.807, 2.05) is 0 Å². The second-order valence-corrected chi connectivity index (χ2v) is 9.00. The van der Waals surface area contributed by atoms with Gasteiger partial charge in [0.25, 0.3) is 11.5 Å². The van der Waals surface area contributed by atoms with Crippen LogP contribution in [0.4, 0.5) is 14.7 Å². The number of anilines is 1. The van der Waals surface area contributed by atoms with E-state index in [2.05, 4.69) is 36.5 Å². The van der Waals surface area contributed by atoms with Crippen LogP contribution in [0.5, 0.6) is 0 Å². The number of carbonyl (C=O) groups is 1. The lowest BCUT2D eigenvalue weighted by Gasteiger charge is -2.26. The summed E-state index contributed by atoms with van der Waals surface area (Å²) in [6, 6.07) is 3.21. The number of halogens is 3. The molecule has 32 heavy (non-hydrogen) atoms. The molecule has 0 bridgehead atoms. The van der Waals surface area contributed by atoms with E-state index in [-0.39, 0.29) is 22.6 Å². The Morgan fingerprint density at radius 1 is 1.25 bits per heavy atom. The molecular weight excluding hydrogens is 490 g/mol. The van der Waals surface area contributed by atoms with Crippen molar-refractivity contribution in [3.63, 3.8) is 0 Å². The van der Waals surface area contributed by atoms with Gasteiger partial charge in [-0.1, -0.05) is 6.07 Å². The van der Waals surface area contributed by atoms with Crippen molar-refractivity contribution in [2.45, 2.75) is 51.9 Å². The molecule has 4 N–H and O–H groups in total. The molecule has 0 atom stereocenters. The Hall–Kier alpha value is -2.37. The highest BCUT2D eigenvalue weighted by Gasteiger charge is 2.29. The Labute approximate surface area is 192 Å². The topological polar surface area (TPSA) is 116 Å². The third-order valence-electron chi connectivity index (χ3n) is 4.52. The molecule has 0 aliphatic rings. The second-order valence-electron chi connectivity index (χ2n) is 8.21. The highest BCUT2D eigenvalue weighted by molar-refractivity contribution is 9.10. The van der Waals surface area contributed by atoms with E-state index in [4.69, 9.17) is 4.74 Å². The number of nitrogens with zero attached hydrogens (tertiary/aromatic N) is 1. The van der Waals surface area contributed by atoms with Gasteiger partial charge in [0, 0.05) is 24.7 Å². The molecule has 176 valence electrons. The Bertz CT molecular complexity index is 1020. The predicted molar refractivity (Wildman–Crippen MR) is 119 cm³/mol. The van der Waals surface area contributed by atoms with Gasteiger partial charge in [0.05, 0.1) is 12.3 Å². The number of H-pyrrole nitrogens is 1. The van der Waals surface area contributed by atoms with Gasteiger partial charge >= 0.3 is 0 Å². The van der Waals surface area contributed by atoms with Crippen LogP contribution in [0.2, 0.25) is 0 Å². The average Bonchev–Trinajstić information content (AvgIpc) is 2.68. The molecule has 1 aromatic carbocycles. The molecule has 0 fully saturated rings. The van der Waals surface area contributed by atoms with Gasteiger partial charge in [0.15, 0.2) is 0 Å². The first kappa shape index (κ1) is 25.9. The van der Waals surface area contributed by atoms with E-state index in [0.717, 1.165) is 12.1 Å². The van der Waals surface area contributed by atoms with Crippen molar-refractivity contribution in [3.05, 3.63) is 55.9 Å². The molecule has 0 spiro atoms. The molecule has 0 unspecified atom stereocenters. The van der Waals surface area contributed by atoms with Crippen LogP contribution in [-0.4, -0.2) is 39.7 Å². The SMILES string of the molecule is CC(C)(O)C(=O)NCCCNc1nc(C(C)(C)OCc2ccc(F)cc2F)c(Br)c(=O)[nH]1. The quantitative estimate of drug-likeness (QED) is 0.361. The molecule has 11 heteroatoms. The van der Waals surface area contributed by atoms with Crippen molar-refractivity contribution in [2.24, 2.45) is 0 Å². The third kappa shape index (κ3) is 7.07. The predicted octanol–water partition coefficient (Wildman–Crippen LogP) is 2.95. The van der Waals surface area contributed by atoms with Crippen LogP contribution in [0.15, 0.2) is 27.5 Å². The zero-order valence-electron chi connectivity index (χ0n) is 18.3. The molecule has 1 amide bonds. The minimum atomic E-state index is -1.46. The molecule has 0 saturated carbocycles. The van der Waals surface area contributed by atoms with E-state index in [9.17, 15) is 23.5 Å². The zero-order valence-corrected chi connectivity index (χ0v) is 19.9. The molecule has 2 aromatic rings. The highest BCUT2D eigenvalue weighted by Crippen LogP contribution is 2.29. The summed E-state index contributed by atoms with van der Waals surface area (Å²) in [5, 5.41) is 15.2. The van der Waals surface area contributed by atoms with Gasteiger partial charge in [-0.25, -0.2) is 13.8 Å². The van der Waals surface area contributed by atoms with Gasteiger partial charge in [0.1, 0.15) is 27.3 Å². The number of nitrogens with one attached hydrogen (secondary N) is 3. The van der Waals surface area contributed by atoms with E-state index in [0.29, 0.717) is 25.2 Å². The normalized spacial score (nSPS) is 12.0. The largest absolute Gasteiger partial charge is 0.381 e. The van der Waals surface area contributed by atoms with Gasteiger partial charge in [-0.2, -0.15) is 0 Å². The number of aliphatic hydroxyl groups is 1. The highest BCUT2D eigenvalue weighted by atomic mass is 79.9. The summed E-state index contributed by atoms with van der Waals surface area (Å²) in [5.74, 6) is -1.68. The first-order valence-corrected chi connectivity index (χ1v) is 10.7. The van der Waals surface area contributed by atoms with E-state index < -0.39 is 34.3 Å². The van der Waals surface area contributed by atoms with Crippen molar-refractivity contribution < 1.29 is 23.4 Å². The molecular formula is C21H27BrF2N4O4. The Morgan fingerprint density at radius 2 is 1.94 bits per heavy atom. The number of ether oxygens (including phenoxy) is 1. The minimum absolute atomic E-state index is 0.149. The molecule has 0 aliphatic carbocycles. The molecule has 0 radical (unpaired) electrons. The summed E-state index contributed by atoms with van der Waals surface area (Å²) in [7, 11) is 0. The van der Waals surface area contributed by atoms with Gasteiger partial charge in [-0.15, -0.1) is 0 Å². The molecule has 2 rings (SSSR count). The number of hydrogen-bond acceptors (Lipinski definition) is 6. The van der Waals surface area contributed by atoms with Gasteiger partial charge in [0.2, 0.25) is 5.95 Å². The van der Waals surface area contributed by atoms with E-state index in [1.54, 1.807) is 13.8 Å². The summed E-state index contributed by atoms with van der Waals surface area (Å²) in [6.45, 7) is 6.71. The molecule has 0 aliphatic heterocycles. The molecule has 1 aromatic heterocycles. The number of carbonyl (C=O) groups excluding carboxylic acids is 1. The van der Waals surface area contributed by atoms with Crippen molar-refractivity contribution >= 4 is 27.8 Å². The van der Waals surface area contributed by atoms with Crippen LogP contribution in [0.1, 0.15) is 45.4 Å². The number of amides is 1. The standard InChI is InChI=1S/C21H27BrF2N4O4/c1-20(2,31)18(30)25-8-5-9-26-19-27-16(15(22)17(29)28-19)21(3,4)32-11-12-6-7-13(23)10-14(12)24/h6-7,10,31H,5,8-9,11H2,1-4H3,(H,25,30)(H2,26,27,28,29). The molecule has 0 saturated heterocycles. The Balaban J connectivity index is 2.03. The summed E-state index contributed by atoms with van der Waals surface area (Å²) < 4.78 is 33.0. The van der Waals surface area contributed by atoms with Crippen molar-refractivity contribution in [3.8, 4) is 0 Å². The van der Waals surface area contributed by atoms with E-state index in [1.165, 1.54) is 19.9 Å². The number of aromatic amines is 1.